The highest BCUT2D eigenvalue weighted by molar-refractivity contribution is 8.00. The zero-order chi connectivity index (χ0) is 11.3. The topological polar surface area (TPSA) is 12.0 Å². The smallest absolute Gasteiger partial charge is 0.0637 e. The van der Waals surface area contributed by atoms with Crippen molar-refractivity contribution in [1.29, 1.82) is 0 Å². The fourth-order valence-corrected chi connectivity index (χ4v) is 2.17. The molecule has 1 N–H and O–H groups in total. The van der Waals surface area contributed by atoms with Gasteiger partial charge in [-0.1, -0.05) is 44.5 Å². The Kier molecular flexibility index (Phi) is 4.81. The first-order chi connectivity index (χ1) is 6.99. The van der Waals surface area contributed by atoms with Crippen molar-refractivity contribution in [2.45, 2.75) is 25.5 Å². The van der Waals surface area contributed by atoms with E-state index in [9.17, 15) is 0 Å². The van der Waals surface area contributed by atoms with E-state index in [2.05, 4.69) is 26.1 Å². The highest BCUT2D eigenvalue weighted by Crippen LogP contribution is 2.24. The van der Waals surface area contributed by atoms with E-state index < -0.39 is 0 Å². The first-order valence-electron chi connectivity index (χ1n) is 5.11. The number of benzene rings is 1. The van der Waals surface area contributed by atoms with Gasteiger partial charge in [0.05, 0.1) is 10.7 Å². The Morgan fingerprint density at radius 1 is 1.27 bits per heavy atom. The van der Waals surface area contributed by atoms with Crippen molar-refractivity contribution in [3.8, 4) is 0 Å². The SMILES string of the molecule is CC(C)(C)SCCNc1ccccc1Cl. The van der Waals surface area contributed by atoms with Crippen LogP contribution < -0.4 is 5.32 Å². The summed E-state index contributed by atoms with van der Waals surface area (Å²) in [6.45, 7) is 7.64. The second kappa shape index (κ2) is 5.66. The number of hydrogen-bond acceptors (Lipinski definition) is 2. The Hall–Kier alpha value is -0.340. The van der Waals surface area contributed by atoms with Gasteiger partial charge < -0.3 is 5.32 Å². The minimum atomic E-state index is 0.335. The molecule has 0 saturated heterocycles. The first kappa shape index (κ1) is 12.7. The summed E-state index contributed by atoms with van der Waals surface area (Å²) in [5, 5.41) is 4.12. The summed E-state index contributed by atoms with van der Waals surface area (Å²) in [6.07, 6.45) is 0. The van der Waals surface area contributed by atoms with Gasteiger partial charge in [0.2, 0.25) is 0 Å². The van der Waals surface area contributed by atoms with Crippen molar-refractivity contribution in [3.63, 3.8) is 0 Å². The quantitative estimate of drug-likeness (QED) is 0.792. The molecule has 0 saturated carbocycles. The van der Waals surface area contributed by atoms with Crippen molar-refractivity contribution in [2.24, 2.45) is 0 Å². The molecule has 0 atom stereocenters. The molecular weight excluding hydrogens is 226 g/mol. The van der Waals surface area contributed by atoms with Crippen LogP contribution in [0.2, 0.25) is 5.02 Å². The van der Waals surface area contributed by atoms with Crippen LogP contribution in [-0.4, -0.2) is 17.0 Å². The molecule has 0 aliphatic carbocycles. The van der Waals surface area contributed by atoms with Crippen LogP contribution >= 0.6 is 23.4 Å². The Bertz CT molecular complexity index is 307. The lowest BCUT2D eigenvalue weighted by Crippen LogP contribution is -2.13. The molecular formula is C12H18ClNS. The Balaban J connectivity index is 2.30. The summed E-state index contributed by atoms with van der Waals surface area (Å²) in [4.78, 5) is 0. The van der Waals surface area contributed by atoms with Gasteiger partial charge in [-0.05, 0) is 12.1 Å². The molecule has 0 spiro atoms. The molecule has 0 amide bonds. The van der Waals surface area contributed by atoms with E-state index in [-0.39, 0.29) is 0 Å². The molecule has 0 unspecified atom stereocenters. The largest absolute Gasteiger partial charge is 0.383 e. The van der Waals surface area contributed by atoms with Crippen LogP contribution in [0, 0.1) is 0 Å². The number of rotatable bonds is 4. The average molecular weight is 244 g/mol. The van der Waals surface area contributed by atoms with E-state index in [0.717, 1.165) is 23.0 Å². The maximum absolute atomic E-state index is 6.02. The molecule has 0 aliphatic heterocycles. The zero-order valence-corrected chi connectivity index (χ0v) is 11.1. The van der Waals surface area contributed by atoms with Gasteiger partial charge in [0.1, 0.15) is 0 Å². The summed E-state index contributed by atoms with van der Waals surface area (Å²) in [7, 11) is 0. The van der Waals surface area contributed by atoms with Gasteiger partial charge in [-0.15, -0.1) is 0 Å². The molecule has 84 valence electrons. The highest BCUT2D eigenvalue weighted by atomic mass is 35.5. The Morgan fingerprint density at radius 3 is 2.53 bits per heavy atom. The average Bonchev–Trinajstić information content (AvgIpc) is 2.13. The lowest BCUT2D eigenvalue weighted by Gasteiger charge is -2.17. The summed E-state index contributed by atoms with van der Waals surface area (Å²) in [5.74, 6) is 1.09. The van der Waals surface area contributed by atoms with Crippen molar-refractivity contribution in [1.82, 2.24) is 0 Å². The fourth-order valence-electron chi connectivity index (χ4n) is 1.15. The number of anilines is 1. The summed E-state index contributed by atoms with van der Waals surface area (Å²) in [5.41, 5.74) is 1.02. The van der Waals surface area contributed by atoms with Crippen molar-refractivity contribution in [3.05, 3.63) is 29.3 Å². The summed E-state index contributed by atoms with van der Waals surface area (Å²) < 4.78 is 0.335. The van der Waals surface area contributed by atoms with Crippen LogP contribution in [-0.2, 0) is 0 Å². The lowest BCUT2D eigenvalue weighted by molar-refractivity contribution is 0.802. The molecule has 1 rings (SSSR count). The van der Waals surface area contributed by atoms with Crippen LogP contribution in [0.4, 0.5) is 5.69 Å². The first-order valence-corrected chi connectivity index (χ1v) is 6.48. The van der Waals surface area contributed by atoms with Gasteiger partial charge in [0.15, 0.2) is 0 Å². The molecule has 0 aromatic heterocycles. The van der Waals surface area contributed by atoms with E-state index >= 15 is 0 Å². The van der Waals surface area contributed by atoms with Crippen molar-refractivity contribution < 1.29 is 0 Å². The summed E-state index contributed by atoms with van der Waals surface area (Å²) in [6, 6.07) is 7.84. The van der Waals surface area contributed by atoms with Crippen LogP contribution in [0.5, 0.6) is 0 Å². The third-order valence-electron chi connectivity index (χ3n) is 1.83. The van der Waals surface area contributed by atoms with Gasteiger partial charge in [-0.25, -0.2) is 0 Å². The predicted octanol–water partition coefficient (Wildman–Crippen LogP) is 4.28. The third-order valence-corrected chi connectivity index (χ3v) is 3.43. The molecule has 0 heterocycles. The molecule has 1 nitrogen and oxygen atoms in total. The number of thioether (sulfide) groups is 1. The Morgan fingerprint density at radius 2 is 1.93 bits per heavy atom. The van der Waals surface area contributed by atoms with Crippen LogP contribution in [0.15, 0.2) is 24.3 Å². The van der Waals surface area contributed by atoms with E-state index in [1.165, 1.54) is 0 Å². The predicted molar refractivity (Wildman–Crippen MR) is 72.2 cm³/mol. The van der Waals surface area contributed by atoms with Gasteiger partial charge in [-0.3, -0.25) is 0 Å². The highest BCUT2D eigenvalue weighted by Gasteiger charge is 2.09. The van der Waals surface area contributed by atoms with Gasteiger partial charge >= 0.3 is 0 Å². The molecule has 15 heavy (non-hydrogen) atoms. The van der Waals surface area contributed by atoms with Crippen LogP contribution in [0.25, 0.3) is 0 Å². The standard InChI is InChI=1S/C12H18ClNS/c1-12(2,3)15-9-8-14-11-7-5-4-6-10(11)13/h4-7,14H,8-9H2,1-3H3. The van der Waals surface area contributed by atoms with E-state index in [4.69, 9.17) is 11.6 Å². The molecule has 1 aromatic carbocycles. The molecule has 0 aliphatic rings. The van der Waals surface area contributed by atoms with Crippen molar-refractivity contribution >= 4 is 29.1 Å². The van der Waals surface area contributed by atoms with Gasteiger partial charge in [0.25, 0.3) is 0 Å². The lowest BCUT2D eigenvalue weighted by atomic mass is 10.3. The minimum Gasteiger partial charge on any atom is -0.383 e. The number of halogens is 1. The van der Waals surface area contributed by atoms with Gasteiger partial charge in [0, 0.05) is 17.0 Å². The number of hydrogen-bond donors (Lipinski definition) is 1. The maximum atomic E-state index is 6.02. The molecule has 0 radical (unpaired) electrons. The number of nitrogens with one attached hydrogen (secondary N) is 1. The second-order valence-corrected chi connectivity index (χ2v) is 6.70. The monoisotopic (exact) mass is 243 g/mol. The van der Waals surface area contributed by atoms with Crippen LogP contribution in [0.3, 0.4) is 0 Å². The third kappa shape index (κ3) is 5.33. The fraction of sp³-hybridized carbons (Fsp3) is 0.500. The van der Waals surface area contributed by atoms with E-state index in [0.29, 0.717) is 4.75 Å². The van der Waals surface area contributed by atoms with Crippen LogP contribution in [0.1, 0.15) is 20.8 Å². The van der Waals surface area contributed by atoms with E-state index in [1.807, 2.05) is 36.0 Å². The Labute approximate surface area is 102 Å². The molecule has 1 aromatic rings. The molecule has 0 fully saturated rings. The van der Waals surface area contributed by atoms with E-state index in [1.54, 1.807) is 0 Å². The maximum Gasteiger partial charge on any atom is 0.0637 e. The second-order valence-electron chi connectivity index (χ2n) is 4.37. The minimum absolute atomic E-state index is 0.335. The zero-order valence-electron chi connectivity index (χ0n) is 9.51. The summed E-state index contributed by atoms with van der Waals surface area (Å²) >= 11 is 7.98. The molecule has 3 heteroatoms. The van der Waals surface area contributed by atoms with Crippen molar-refractivity contribution in [2.75, 3.05) is 17.6 Å². The normalized spacial score (nSPS) is 11.5. The molecule has 0 bridgehead atoms. The number of para-hydroxylation sites is 1. The van der Waals surface area contributed by atoms with Gasteiger partial charge in [-0.2, -0.15) is 11.8 Å².